The fourth-order valence-electron chi connectivity index (χ4n) is 2.40. The lowest BCUT2D eigenvalue weighted by atomic mass is 10.3. The second-order valence-corrected chi connectivity index (χ2v) is 7.36. The zero-order valence-electron chi connectivity index (χ0n) is 11.3. The highest BCUT2D eigenvalue weighted by molar-refractivity contribution is 7.91. The van der Waals surface area contributed by atoms with Gasteiger partial charge in [-0.25, -0.2) is 18.2 Å². The Labute approximate surface area is 122 Å². The van der Waals surface area contributed by atoms with E-state index in [1.807, 2.05) is 24.3 Å². The Hall–Kier alpha value is -2.09. The Morgan fingerprint density at radius 3 is 2.90 bits per heavy atom. The van der Waals surface area contributed by atoms with Gasteiger partial charge in [0, 0.05) is 6.04 Å². The zero-order valence-corrected chi connectivity index (χ0v) is 12.1. The monoisotopic (exact) mass is 308 g/mol. The number of hydrogen-bond donors (Lipinski definition) is 3. The highest BCUT2D eigenvalue weighted by Crippen LogP contribution is 2.11. The number of sulfone groups is 1. The molecule has 2 aromatic rings. The third-order valence-electron chi connectivity index (χ3n) is 3.42. The van der Waals surface area contributed by atoms with Crippen LogP contribution in [0, 0.1) is 0 Å². The van der Waals surface area contributed by atoms with E-state index >= 15 is 0 Å². The smallest absolute Gasteiger partial charge is 0.315 e. The summed E-state index contributed by atoms with van der Waals surface area (Å²) in [5.74, 6) is 0.817. The lowest BCUT2D eigenvalue weighted by Gasteiger charge is -2.11. The number of carbonyl (C=O) groups excluding carboxylic acids is 1. The van der Waals surface area contributed by atoms with E-state index in [9.17, 15) is 13.2 Å². The zero-order chi connectivity index (χ0) is 14.9. The molecule has 1 aliphatic heterocycles. The number of aromatic amines is 1. The number of imidazole rings is 1. The second kappa shape index (κ2) is 5.36. The number of hydrogen-bond acceptors (Lipinski definition) is 4. The van der Waals surface area contributed by atoms with Gasteiger partial charge in [-0.15, -0.1) is 0 Å². The summed E-state index contributed by atoms with van der Waals surface area (Å²) in [5.41, 5.74) is 1.76. The molecule has 3 rings (SSSR count). The SMILES string of the molecule is O=C(NCc1nc2ccccc2[nH]1)N[C@@H]1CCS(=O)(=O)C1. The summed E-state index contributed by atoms with van der Waals surface area (Å²) in [4.78, 5) is 19.2. The molecule has 0 radical (unpaired) electrons. The molecule has 1 fully saturated rings. The maximum atomic E-state index is 11.7. The third kappa shape index (κ3) is 3.33. The summed E-state index contributed by atoms with van der Waals surface area (Å²) in [5, 5.41) is 5.34. The maximum absolute atomic E-state index is 11.7. The van der Waals surface area contributed by atoms with Crippen LogP contribution in [0.4, 0.5) is 4.79 Å². The molecule has 2 heterocycles. The van der Waals surface area contributed by atoms with Crippen LogP contribution in [0.15, 0.2) is 24.3 Å². The Morgan fingerprint density at radius 1 is 1.38 bits per heavy atom. The minimum Gasteiger partial charge on any atom is -0.340 e. The van der Waals surface area contributed by atoms with Crippen molar-refractivity contribution in [3.8, 4) is 0 Å². The van der Waals surface area contributed by atoms with Gasteiger partial charge in [0.05, 0.1) is 29.1 Å². The molecule has 0 bridgehead atoms. The van der Waals surface area contributed by atoms with Gasteiger partial charge in [-0.05, 0) is 18.6 Å². The molecule has 0 saturated carbocycles. The number of rotatable bonds is 3. The highest BCUT2D eigenvalue weighted by atomic mass is 32.2. The van der Waals surface area contributed by atoms with Crippen molar-refractivity contribution in [1.29, 1.82) is 0 Å². The van der Waals surface area contributed by atoms with E-state index in [0.29, 0.717) is 12.2 Å². The summed E-state index contributed by atoms with van der Waals surface area (Å²) in [6.45, 7) is 0.264. The Bertz CT molecular complexity index is 736. The number of aromatic nitrogens is 2. The van der Waals surface area contributed by atoms with Gasteiger partial charge in [-0.2, -0.15) is 0 Å². The molecular weight excluding hydrogens is 292 g/mol. The second-order valence-electron chi connectivity index (χ2n) is 5.13. The van der Waals surface area contributed by atoms with Crippen LogP contribution in [-0.4, -0.2) is 42.0 Å². The largest absolute Gasteiger partial charge is 0.340 e. The standard InChI is InChI=1S/C13H16N4O3S/c18-13(15-9-5-6-21(19,20)8-9)14-7-12-16-10-3-1-2-4-11(10)17-12/h1-4,9H,5-8H2,(H,16,17)(H2,14,15,18)/t9-/m1/s1. The molecule has 2 amide bonds. The van der Waals surface area contributed by atoms with Crippen molar-refractivity contribution in [3.05, 3.63) is 30.1 Å². The van der Waals surface area contributed by atoms with Crippen LogP contribution in [0.3, 0.4) is 0 Å². The quantitative estimate of drug-likeness (QED) is 0.770. The van der Waals surface area contributed by atoms with Crippen molar-refractivity contribution < 1.29 is 13.2 Å². The maximum Gasteiger partial charge on any atom is 0.315 e. The van der Waals surface area contributed by atoms with E-state index in [4.69, 9.17) is 0 Å². The summed E-state index contributed by atoms with van der Waals surface area (Å²) < 4.78 is 22.6. The first-order chi connectivity index (χ1) is 10.0. The van der Waals surface area contributed by atoms with Crippen LogP contribution in [0.25, 0.3) is 11.0 Å². The number of nitrogens with zero attached hydrogens (tertiary/aromatic N) is 1. The van der Waals surface area contributed by atoms with E-state index in [0.717, 1.165) is 11.0 Å². The first kappa shape index (κ1) is 13.9. The van der Waals surface area contributed by atoms with Gasteiger partial charge in [0.1, 0.15) is 5.82 Å². The van der Waals surface area contributed by atoms with Crippen LogP contribution in [0.2, 0.25) is 0 Å². The molecule has 1 saturated heterocycles. The van der Waals surface area contributed by atoms with Crippen molar-refractivity contribution in [2.24, 2.45) is 0 Å². The fraction of sp³-hybridized carbons (Fsp3) is 0.385. The van der Waals surface area contributed by atoms with Gasteiger partial charge in [-0.3, -0.25) is 0 Å². The van der Waals surface area contributed by atoms with Gasteiger partial charge in [0.2, 0.25) is 0 Å². The fourth-order valence-corrected chi connectivity index (χ4v) is 4.07. The van der Waals surface area contributed by atoms with Gasteiger partial charge >= 0.3 is 6.03 Å². The number of carbonyl (C=O) groups is 1. The van der Waals surface area contributed by atoms with E-state index in [1.165, 1.54) is 0 Å². The van der Waals surface area contributed by atoms with Crippen molar-refractivity contribution in [2.75, 3.05) is 11.5 Å². The molecule has 112 valence electrons. The molecule has 1 atom stereocenters. The van der Waals surface area contributed by atoms with Crippen molar-refractivity contribution >= 4 is 26.9 Å². The predicted molar refractivity (Wildman–Crippen MR) is 78.5 cm³/mol. The van der Waals surface area contributed by atoms with Crippen LogP contribution in [0.1, 0.15) is 12.2 Å². The molecule has 21 heavy (non-hydrogen) atoms. The van der Waals surface area contributed by atoms with Gasteiger partial charge < -0.3 is 15.6 Å². The lowest BCUT2D eigenvalue weighted by Crippen LogP contribution is -2.42. The molecule has 0 aliphatic carbocycles. The molecule has 8 heteroatoms. The summed E-state index contributed by atoms with van der Waals surface area (Å²) >= 11 is 0. The van der Waals surface area contributed by atoms with E-state index < -0.39 is 9.84 Å². The minimum atomic E-state index is -2.99. The highest BCUT2D eigenvalue weighted by Gasteiger charge is 2.28. The van der Waals surface area contributed by atoms with Crippen LogP contribution in [0.5, 0.6) is 0 Å². The predicted octanol–water partition coefficient (Wildman–Crippen LogP) is 0.549. The lowest BCUT2D eigenvalue weighted by molar-refractivity contribution is 0.237. The number of H-pyrrole nitrogens is 1. The molecule has 1 aromatic heterocycles. The Morgan fingerprint density at radius 2 is 2.19 bits per heavy atom. The van der Waals surface area contributed by atoms with E-state index in [2.05, 4.69) is 20.6 Å². The van der Waals surface area contributed by atoms with Gasteiger partial charge in [0.25, 0.3) is 0 Å². The molecule has 1 aliphatic rings. The average Bonchev–Trinajstić information content (AvgIpc) is 2.99. The number of urea groups is 1. The molecule has 1 aromatic carbocycles. The Kier molecular flexibility index (Phi) is 3.54. The summed E-state index contributed by atoms with van der Waals surface area (Å²) in [6.07, 6.45) is 0.473. The number of para-hydroxylation sites is 2. The number of benzene rings is 1. The molecule has 0 unspecified atom stereocenters. The normalized spacial score (nSPS) is 20.5. The minimum absolute atomic E-state index is 0.0189. The average molecular weight is 308 g/mol. The van der Waals surface area contributed by atoms with Crippen LogP contribution < -0.4 is 10.6 Å². The van der Waals surface area contributed by atoms with Crippen molar-refractivity contribution in [3.63, 3.8) is 0 Å². The summed E-state index contributed by atoms with van der Waals surface area (Å²) in [6, 6.07) is 6.93. The summed E-state index contributed by atoms with van der Waals surface area (Å²) in [7, 11) is -2.99. The van der Waals surface area contributed by atoms with Crippen molar-refractivity contribution in [1.82, 2.24) is 20.6 Å². The Balaban J connectivity index is 1.54. The molecule has 0 spiro atoms. The first-order valence-electron chi connectivity index (χ1n) is 6.70. The number of amides is 2. The molecule has 7 nitrogen and oxygen atoms in total. The van der Waals surface area contributed by atoms with E-state index in [-0.39, 0.29) is 30.1 Å². The number of fused-ring (bicyclic) bond motifs is 1. The number of nitrogens with one attached hydrogen (secondary N) is 3. The van der Waals surface area contributed by atoms with E-state index in [1.54, 1.807) is 0 Å². The first-order valence-corrected chi connectivity index (χ1v) is 8.52. The van der Waals surface area contributed by atoms with Crippen LogP contribution >= 0.6 is 0 Å². The topological polar surface area (TPSA) is 104 Å². The van der Waals surface area contributed by atoms with Gasteiger partial charge in [-0.1, -0.05) is 12.1 Å². The molecule has 3 N–H and O–H groups in total. The third-order valence-corrected chi connectivity index (χ3v) is 5.19. The van der Waals surface area contributed by atoms with Crippen LogP contribution in [-0.2, 0) is 16.4 Å². The molecular formula is C13H16N4O3S. The van der Waals surface area contributed by atoms with Crippen molar-refractivity contribution in [2.45, 2.75) is 19.0 Å². The van der Waals surface area contributed by atoms with Gasteiger partial charge in [0.15, 0.2) is 9.84 Å².